The van der Waals surface area contributed by atoms with E-state index in [0.29, 0.717) is 5.75 Å². The zero-order chi connectivity index (χ0) is 38.2. The highest BCUT2D eigenvalue weighted by molar-refractivity contribution is 6.41. The lowest BCUT2D eigenvalue weighted by Crippen LogP contribution is -2.36. The normalized spacial score (nSPS) is 13.0. The molecule has 4 aromatic rings. The van der Waals surface area contributed by atoms with Crippen molar-refractivity contribution in [3.05, 3.63) is 119 Å². The third-order valence-corrected chi connectivity index (χ3v) is 8.99. The lowest BCUT2D eigenvalue weighted by atomic mass is 9.86. The Hall–Kier alpha value is -3.17. The van der Waals surface area contributed by atoms with Crippen molar-refractivity contribution in [3.8, 4) is 5.75 Å². The summed E-state index contributed by atoms with van der Waals surface area (Å²) >= 11 is 17.4. The van der Waals surface area contributed by atoms with Crippen LogP contribution in [0.4, 0.5) is 0 Å². The predicted molar refractivity (Wildman–Crippen MR) is 207 cm³/mol. The Morgan fingerprint density at radius 2 is 1.18 bits per heavy atom. The fourth-order valence-electron chi connectivity index (χ4n) is 4.65. The molecule has 8 nitrogen and oxygen atoms in total. The molecule has 0 radical (unpaired) electrons. The molecule has 0 saturated carbocycles. The van der Waals surface area contributed by atoms with Crippen LogP contribution in [0.3, 0.4) is 0 Å². The maximum Gasteiger partial charge on any atom is 0.289 e. The molecule has 0 amide bonds. The quantitative estimate of drug-likeness (QED) is 0.211. The first-order valence-electron chi connectivity index (χ1n) is 16.7. The molecule has 274 valence electrons. The van der Waals surface area contributed by atoms with Gasteiger partial charge in [-0.3, -0.25) is 9.59 Å². The summed E-state index contributed by atoms with van der Waals surface area (Å²) in [5, 5.41) is 17.8. The Kier molecular flexibility index (Phi) is 15.4. The molecular weight excluding hydrogens is 695 g/mol. The topological polar surface area (TPSA) is 99.2 Å². The molecule has 1 N–H and O–H groups in total. The van der Waals surface area contributed by atoms with Gasteiger partial charge in [0, 0.05) is 7.05 Å². The van der Waals surface area contributed by atoms with Crippen LogP contribution in [0.1, 0.15) is 123 Å². The van der Waals surface area contributed by atoms with Crippen LogP contribution in [-0.2, 0) is 23.4 Å². The molecule has 0 aliphatic rings. The molecule has 2 unspecified atom stereocenters. The first-order valence-corrected chi connectivity index (χ1v) is 17.9. The predicted octanol–water partition coefficient (Wildman–Crippen LogP) is 9.99. The summed E-state index contributed by atoms with van der Waals surface area (Å²) in [7, 11) is 1.56. The van der Waals surface area contributed by atoms with Gasteiger partial charge in [-0.2, -0.15) is 10.2 Å². The number of aryl methyl sites for hydroxylation is 1. The van der Waals surface area contributed by atoms with Crippen LogP contribution in [0.25, 0.3) is 0 Å². The van der Waals surface area contributed by atoms with Crippen molar-refractivity contribution in [2.75, 3.05) is 0 Å². The van der Waals surface area contributed by atoms with E-state index >= 15 is 0 Å². The Bertz CT molecular complexity index is 1800. The van der Waals surface area contributed by atoms with E-state index in [1.54, 1.807) is 7.05 Å². The summed E-state index contributed by atoms with van der Waals surface area (Å²) in [5.41, 5.74) is 3.84. The second-order valence-electron chi connectivity index (χ2n) is 15.1. The van der Waals surface area contributed by atoms with Gasteiger partial charge in [-0.25, -0.2) is 9.36 Å². The van der Waals surface area contributed by atoms with E-state index in [1.807, 2.05) is 46.8 Å². The Morgan fingerprint density at radius 1 is 0.700 bits per heavy atom. The molecule has 4 rings (SSSR count). The average molecular weight is 748 g/mol. The molecule has 0 spiro atoms. The van der Waals surface area contributed by atoms with Crippen molar-refractivity contribution in [2.24, 2.45) is 7.05 Å². The Morgan fingerprint density at radius 3 is 1.60 bits per heavy atom. The molecule has 0 saturated heterocycles. The van der Waals surface area contributed by atoms with Crippen molar-refractivity contribution in [3.63, 3.8) is 0 Å². The lowest BCUT2D eigenvalue weighted by molar-refractivity contribution is 0.173. The van der Waals surface area contributed by atoms with Crippen molar-refractivity contribution in [1.82, 2.24) is 19.6 Å². The van der Waals surface area contributed by atoms with Crippen LogP contribution in [0, 0.1) is 0 Å². The standard InChI is InChI=1S/C18H23ClN2O2.C13H20O.C8H10Cl2N2O/c1-6-14(12-7-9-13(10-8-12)18(2,3)4)23-15-11-20-21(5)17(22)16(15)19;1-5-12(14)10-6-8-11(9-7-10)13(2,3)4;1-8(2,3)12-7(13)6(10)5(9)4-11-12/h7-11,14H,6H2,1-5H3;6-9,12,14H,5H2,1-4H3;4H,1-3H3. The summed E-state index contributed by atoms with van der Waals surface area (Å²) in [4.78, 5) is 23.4. The van der Waals surface area contributed by atoms with Gasteiger partial charge in [0.05, 0.1) is 29.1 Å². The second kappa shape index (κ2) is 17.9. The van der Waals surface area contributed by atoms with Crippen LogP contribution in [0.2, 0.25) is 15.1 Å². The summed E-state index contributed by atoms with van der Waals surface area (Å²) < 4.78 is 8.43. The summed E-state index contributed by atoms with van der Waals surface area (Å²) in [6, 6.07) is 16.6. The first kappa shape index (κ1) is 43.0. The van der Waals surface area contributed by atoms with Crippen LogP contribution in [0.15, 0.2) is 70.5 Å². The summed E-state index contributed by atoms with van der Waals surface area (Å²) in [6.07, 6.45) is 3.90. The molecule has 2 atom stereocenters. The van der Waals surface area contributed by atoms with E-state index in [2.05, 4.69) is 88.1 Å². The third kappa shape index (κ3) is 12.0. The molecule has 2 aromatic carbocycles. The molecule has 0 aliphatic heterocycles. The van der Waals surface area contributed by atoms with Gasteiger partial charge in [-0.15, -0.1) is 0 Å². The lowest BCUT2D eigenvalue weighted by Gasteiger charge is -2.22. The number of benzene rings is 2. The Balaban J connectivity index is 0.000000277. The molecule has 50 heavy (non-hydrogen) atoms. The van der Waals surface area contributed by atoms with E-state index in [9.17, 15) is 14.7 Å². The Labute approximate surface area is 312 Å². The minimum Gasteiger partial charge on any atom is -0.482 e. The number of nitrogens with zero attached hydrogens (tertiary/aromatic N) is 4. The zero-order valence-electron chi connectivity index (χ0n) is 31.4. The molecule has 11 heteroatoms. The molecule has 0 bridgehead atoms. The highest BCUT2D eigenvalue weighted by atomic mass is 35.5. The van der Waals surface area contributed by atoms with Gasteiger partial charge in [0.1, 0.15) is 11.1 Å². The van der Waals surface area contributed by atoms with Gasteiger partial charge >= 0.3 is 0 Å². The summed E-state index contributed by atoms with van der Waals surface area (Å²) in [6.45, 7) is 22.7. The SMILES string of the molecule is CC(C)(C)n1ncc(Cl)c(Cl)c1=O.CCC(O)c1ccc(C(C)(C)C)cc1.CCC(Oc1cnn(C)c(=O)c1Cl)c1ccc(C(C)(C)C)cc1. The second-order valence-corrected chi connectivity index (χ2v) is 16.3. The molecule has 0 aliphatic carbocycles. The number of halogens is 3. The van der Waals surface area contributed by atoms with Crippen LogP contribution in [-0.4, -0.2) is 24.7 Å². The molecular formula is C39H53Cl3N4O4. The van der Waals surface area contributed by atoms with Crippen LogP contribution in [0.5, 0.6) is 5.75 Å². The van der Waals surface area contributed by atoms with Crippen molar-refractivity contribution in [1.29, 1.82) is 0 Å². The maximum atomic E-state index is 11.8. The monoisotopic (exact) mass is 746 g/mol. The largest absolute Gasteiger partial charge is 0.482 e. The number of hydrogen-bond donors (Lipinski definition) is 1. The van der Waals surface area contributed by atoms with Gasteiger partial charge in [0.2, 0.25) is 0 Å². The van der Waals surface area contributed by atoms with Gasteiger partial charge < -0.3 is 9.84 Å². The van der Waals surface area contributed by atoms with Gasteiger partial charge in [0.25, 0.3) is 11.1 Å². The zero-order valence-corrected chi connectivity index (χ0v) is 33.7. The van der Waals surface area contributed by atoms with Gasteiger partial charge in [-0.05, 0) is 66.7 Å². The van der Waals surface area contributed by atoms with Crippen molar-refractivity contribution >= 4 is 34.8 Å². The van der Waals surface area contributed by atoms with E-state index in [-0.39, 0.29) is 54.8 Å². The number of aliphatic hydroxyl groups excluding tert-OH is 1. The first-order chi connectivity index (χ1) is 23.0. The average Bonchev–Trinajstić information content (AvgIpc) is 3.05. The number of ether oxygens (including phenoxy) is 1. The summed E-state index contributed by atoms with van der Waals surface area (Å²) in [5.74, 6) is 0.321. The molecule has 0 fully saturated rings. The van der Waals surface area contributed by atoms with E-state index in [1.165, 1.54) is 32.9 Å². The number of rotatable bonds is 6. The minimum atomic E-state index is -0.384. The van der Waals surface area contributed by atoms with E-state index < -0.39 is 0 Å². The van der Waals surface area contributed by atoms with Gasteiger partial charge in [0.15, 0.2) is 10.8 Å². The smallest absolute Gasteiger partial charge is 0.289 e. The van der Waals surface area contributed by atoms with Crippen LogP contribution >= 0.6 is 34.8 Å². The molecule has 2 heterocycles. The molecule has 2 aromatic heterocycles. The number of hydrogen-bond acceptors (Lipinski definition) is 6. The minimum absolute atomic E-state index is 0.0200. The van der Waals surface area contributed by atoms with E-state index in [4.69, 9.17) is 39.5 Å². The van der Waals surface area contributed by atoms with Crippen LogP contribution < -0.4 is 15.9 Å². The van der Waals surface area contributed by atoms with Gasteiger partial charge in [-0.1, -0.05) is 139 Å². The number of aliphatic hydroxyl groups is 1. The number of aromatic nitrogens is 4. The highest BCUT2D eigenvalue weighted by Crippen LogP contribution is 2.30. The van der Waals surface area contributed by atoms with Crippen molar-refractivity contribution < 1.29 is 9.84 Å². The highest BCUT2D eigenvalue weighted by Gasteiger charge is 2.20. The maximum absolute atomic E-state index is 11.8. The van der Waals surface area contributed by atoms with Crippen molar-refractivity contribution in [2.45, 2.75) is 118 Å². The fourth-order valence-corrected chi connectivity index (χ4v) is 5.12. The fraction of sp³-hybridized carbons (Fsp3) is 0.487. The van der Waals surface area contributed by atoms with E-state index in [0.717, 1.165) is 24.0 Å². The third-order valence-electron chi connectivity index (χ3n) is 7.89.